The number of methoxy groups -OCH3 is 1. The standard InChI is InChI=1S/C26H29F2N3O3/c1-26(2,3)23(25(32)33)30-16-8-5-14(6-9-16)20-12-18-22(19(28)13-29-24(18)31-20)17-11-15(27)7-10-21(17)34-4/h5,7,10-13,16,23,30H,6,8-9H2,1-4H3,(H,29,31)(H,32,33)/t16?,23-/m1/s1. The maximum Gasteiger partial charge on any atom is 0.321 e. The first-order valence-corrected chi connectivity index (χ1v) is 11.3. The third-order valence-electron chi connectivity index (χ3n) is 6.32. The lowest BCUT2D eigenvalue weighted by atomic mass is 9.84. The van der Waals surface area contributed by atoms with Gasteiger partial charge in [0.05, 0.1) is 13.3 Å². The van der Waals surface area contributed by atoms with Gasteiger partial charge >= 0.3 is 5.97 Å². The fraction of sp³-hybridized carbons (Fsp3) is 0.385. The molecule has 0 amide bonds. The van der Waals surface area contributed by atoms with Crippen molar-refractivity contribution in [1.29, 1.82) is 0 Å². The number of carbonyl (C=O) groups is 1. The van der Waals surface area contributed by atoms with Crippen molar-refractivity contribution in [2.75, 3.05) is 7.11 Å². The Labute approximate surface area is 197 Å². The Balaban J connectivity index is 1.65. The largest absolute Gasteiger partial charge is 0.496 e. The third-order valence-corrected chi connectivity index (χ3v) is 6.32. The van der Waals surface area contributed by atoms with Crippen molar-refractivity contribution < 1.29 is 23.4 Å². The molecule has 2 atom stereocenters. The van der Waals surface area contributed by atoms with Crippen LogP contribution in [0.15, 0.2) is 36.5 Å². The molecule has 2 aromatic heterocycles. The summed E-state index contributed by atoms with van der Waals surface area (Å²) >= 11 is 0. The molecule has 6 nitrogen and oxygen atoms in total. The molecular weight excluding hydrogens is 440 g/mol. The van der Waals surface area contributed by atoms with E-state index in [9.17, 15) is 18.7 Å². The Morgan fingerprint density at radius 2 is 2.06 bits per heavy atom. The minimum absolute atomic E-state index is 0.0520. The minimum atomic E-state index is -0.855. The van der Waals surface area contributed by atoms with E-state index >= 15 is 0 Å². The lowest BCUT2D eigenvalue weighted by Crippen LogP contribution is -2.51. The number of hydrogen-bond donors (Lipinski definition) is 3. The van der Waals surface area contributed by atoms with Gasteiger partial charge in [-0.2, -0.15) is 0 Å². The molecule has 1 aliphatic rings. The number of aromatic amines is 1. The Morgan fingerprint density at radius 3 is 2.68 bits per heavy atom. The Bertz CT molecular complexity index is 1260. The summed E-state index contributed by atoms with van der Waals surface area (Å²) in [5.74, 6) is -1.54. The first-order chi connectivity index (χ1) is 16.1. The Hall–Kier alpha value is -3.26. The number of H-pyrrole nitrogens is 1. The van der Waals surface area contributed by atoms with Crippen LogP contribution in [0.1, 0.15) is 45.7 Å². The molecular formula is C26H29F2N3O3. The molecule has 8 heteroatoms. The molecule has 0 aliphatic heterocycles. The molecule has 4 rings (SSSR count). The van der Waals surface area contributed by atoms with Crippen molar-refractivity contribution in [2.24, 2.45) is 5.41 Å². The van der Waals surface area contributed by atoms with Crippen LogP contribution in [0.3, 0.4) is 0 Å². The molecule has 0 saturated carbocycles. The maximum atomic E-state index is 14.9. The summed E-state index contributed by atoms with van der Waals surface area (Å²) in [4.78, 5) is 19.1. The first-order valence-electron chi connectivity index (χ1n) is 11.3. The first kappa shape index (κ1) is 23.9. The van der Waals surface area contributed by atoms with E-state index in [2.05, 4.69) is 21.4 Å². The van der Waals surface area contributed by atoms with Gasteiger partial charge in [0, 0.05) is 28.2 Å². The van der Waals surface area contributed by atoms with Crippen molar-refractivity contribution in [3.05, 3.63) is 53.9 Å². The van der Waals surface area contributed by atoms with Crippen molar-refractivity contribution >= 4 is 22.6 Å². The zero-order valence-electron chi connectivity index (χ0n) is 19.7. The molecule has 2 heterocycles. The Kier molecular flexibility index (Phi) is 6.45. The highest BCUT2D eigenvalue weighted by molar-refractivity contribution is 5.97. The average Bonchev–Trinajstić information content (AvgIpc) is 3.21. The topological polar surface area (TPSA) is 87.2 Å². The monoisotopic (exact) mass is 469 g/mol. The lowest BCUT2D eigenvalue weighted by Gasteiger charge is -2.33. The summed E-state index contributed by atoms with van der Waals surface area (Å²) in [6.07, 6.45) is 5.37. The molecule has 0 fully saturated rings. The van der Waals surface area contributed by atoms with Crippen molar-refractivity contribution in [1.82, 2.24) is 15.3 Å². The zero-order chi connectivity index (χ0) is 24.6. The molecule has 1 aromatic carbocycles. The van der Waals surface area contributed by atoms with E-state index in [-0.39, 0.29) is 11.6 Å². The number of nitrogens with zero attached hydrogens (tertiary/aromatic N) is 1. The number of aliphatic carboxylic acids is 1. The van der Waals surface area contributed by atoms with Crippen LogP contribution in [0.2, 0.25) is 0 Å². The number of allylic oxidation sites excluding steroid dienone is 1. The number of aromatic nitrogens is 2. The molecule has 0 radical (unpaired) electrons. The number of rotatable bonds is 6. The number of benzene rings is 1. The number of carboxylic acid groups (broad SMARTS) is 1. The highest BCUT2D eigenvalue weighted by Gasteiger charge is 2.33. The van der Waals surface area contributed by atoms with Crippen LogP contribution >= 0.6 is 0 Å². The number of hydrogen-bond acceptors (Lipinski definition) is 4. The second-order valence-electron chi connectivity index (χ2n) is 9.78. The summed E-state index contributed by atoms with van der Waals surface area (Å²) < 4.78 is 34.2. The predicted octanol–water partition coefficient (Wildman–Crippen LogP) is 5.54. The number of ether oxygens (including phenoxy) is 1. The second kappa shape index (κ2) is 9.18. The minimum Gasteiger partial charge on any atom is -0.496 e. The maximum absolute atomic E-state index is 14.9. The normalized spacial score (nSPS) is 17.5. The van der Waals surface area contributed by atoms with E-state index in [1.54, 1.807) is 0 Å². The second-order valence-corrected chi connectivity index (χ2v) is 9.78. The summed E-state index contributed by atoms with van der Waals surface area (Å²) in [6, 6.07) is 5.25. The van der Waals surface area contributed by atoms with Crippen LogP contribution in [-0.2, 0) is 4.79 Å². The van der Waals surface area contributed by atoms with Gasteiger partial charge in [-0.1, -0.05) is 26.8 Å². The number of nitrogens with one attached hydrogen (secondary N) is 2. The van der Waals surface area contributed by atoms with Gasteiger partial charge < -0.3 is 20.1 Å². The van der Waals surface area contributed by atoms with Gasteiger partial charge in [-0.15, -0.1) is 0 Å². The van der Waals surface area contributed by atoms with Gasteiger partial charge in [0.25, 0.3) is 0 Å². The van der Waals surface area contributed by atoms with Gasteiger partial charge in [-0.25, -0.2) is 13.8 Å². The number of fused-ring (bicyclic) bond motifs is 1. The van der Waals surface area contributed by atoms with Crippen molar-refractivity contribution in [3.8, 4) is 16.9 Å². The third kappa shape index (κ3) is 4.68. The number of halogens is 2. The lowest BCUT2D eigenvalue weighted by molar-refractivity contribution is -0.142. The summed E-state index contributed by atoms with van der Waals surface area (Å²) in [7, 11) is 1.46. The SMILES string of the molecule is COc1ccc(F)cc1-c1c(F)cnc2[nH]c(C3=CCC(N[C@H](C(=O)O)C(C)(C)C)CC3)cc12. The van der Waals surface area contributed by atoms with Crippen LogP contribution in [0, 0.1) is 17.0 Å². The van der Waals surface area contributed by atoms with E-state index in [4.69, 9.17) is 4.74 Å². The quantitative estimate of drug-likeness (QED) is 0.441. The molecule has 3 aromatic rings. The van der Waals surface area contributed by atoms with Gasteiger partial charge in [0.2, 0.25) is 0 Å². The van der Waals surface area contributed by atoms with E-state index in [0.717, 1.165) is 30.3 Å². The van der Waals surface area contributed by atoms with Gasteiger partial charge in [-0.05, 0) is 54.5 Å². The summed E-state index contributed by atoms with van der Waals surface area (Å²) in [5, 5.41) is 13.4. The van der Waals surface area contributed by atoms with Gasteiger partial charge in [0.1, 0.15) is 29.1 Å². The molecule has 3 N–H and O–H groups in total. The van der Waals surface area contributed by atoms with E-state index < -0.39 is 29.1 Å². The molecule has 0 saturated heterocycles. The molecule has 34 heavy (non-hydrogen) atoms. The molecule has 1 unspecified atom stereocenters. The molecule has 180 valence electrons. The van der Waals surface area contributed by atoms with Crippen LogP contribution in [0.25, 0.3) is 27.7 Å². The number of pyridine rings is 1. The summed E-state index contributed by atoms with van der Waals surface area (Å²) in [6.45, 7) is 5.72. The van der Waals surface area contributed by atoms with Gasteiger partial charge in [-0.3, -0.25) is 4.79 Å². The van der Waals surface area contributed by atoms with Crippen LogP contribution < -0.4 is 10.1 Å². The summed E-state index contributed by atoms with van der Waals surface area (Å²) in [5.41, 5.74) is 2.51. The van der Waals surface area contributed by atoms with E-state index in [1.807, 2.05) is 26.8 Å². The van der Waals surface area contributed by atoms with E-state index in [0.29, 0.717) is 28.8 Å². The molecule has 1 aliphatic carbocycles. The molecule has 0 spiro atoms. The molecule has 0 bridgehead atoms. The van der Waals surface area contributed by atoms with Crippen LogP contribution in [0.5, 0.6) is 5.75 Å². The highest BCUT2D eigenvalue weighted by atomic mass is 19.1. The fourth-order valence-corrected chi connectivity index (χ4v) is 4.53. The average molecular weight is 470 g/mol. The number of carboxylic acids is 1. The zero-order valence-corrected chi connectivity index (χ0v) is 19.7. The van der Waals surface area contributed by atoms with Crippen LogP contribution in [0.4, 0.5) is 8.78 Å². The smallest absolute Gasteiger partial charge is 0.321 e. The fourth-order valence-electron chi connectivity index (χ4n) is 4.53. The Morgan fingerprint density at radius 1 is 1.29 bits per heavy atom. The highest BCUT2D eigenvalue weighted by Crippen LogP contribution is 2.39. The van der Waals surface area contributed by atoms with Crippen molar-refractivity contribution in [3.63, 3.8) is 0 Å². The van der Waals surface area contributed by atoms with E-state index in [1.165, 1.54) is 25.3 Å². The van der Waals surface area contributed by atoms with Gasteiger partial charge in [0.15, 0.2) is 0 Å². The predicted molar refractivity (Wildman–Crippen MR) is 128 cm³/mol. The van der Waals surface area contributed by atoms with Crippen molar-refractivity contribution in [2.45, 2.75) is 52.1 Å². The van der Waals surface area contributed by atoms with Crippen LogP contribution in [-0.4, -0.2) is 40.2 Å².